The van der Waals surface area contributed by atoms with Crippen LogP contribution >= 0.6 is 0 Å². The normalized spacial score (nSPS) is 40.9. The number of hydrogen-bond acceptors (Lipinski definition) is 2. The summed E-state index contributed by atoms with van der Waals surface area (Å²) < 4.78 is 0. The second kappa shape index (κ2) is 3.21. The highest BCUT2D eigenvalue weighted by Gasteiger charge is 2.48. The van der Waals surface area contributed by atoms with Crippen molar-refractivity contribution in [2.45, 2.75) is 56.5 Å². The van der Waals surface area contributed by atoms with Gasteiger partial charge in [0.2, 0.25) is 0 Å². The molecule has 2 atom stereocenters. The van der Waals surface area contributed by atoms with Gasteiger partial charge in [0.25, 0.3) is 0 Å². The van der Waals surface area contributed by atoms with Gasteiger partial charge < -0.3 is 5.73 Å². The first-order valence-corrected chi connectivity index (χ1v) is 6.31. The number of nitrogens with two attached hydrogens (primary N) is 1. The summed E-state index contributed by atoms with van der Waals surface area (Å²) in [6.07, 6.45) is 9.96. The molecule has 2 N–H and O–H groups in total. The molecule has 2 nitrogen and oxygen atoms in total. The Hall–Kier alpha value is -0.0800. The molecular formula is C12H22N2. The third-order valence-corrected chi connectivity index (χ3v) is 4.93. The molecule has 0 spiro atoms. The molecule has 3 fully saturated rings. The van der Waals surface area contributed by atoms with Crippen LogP contribution in [0.1, 0.15) is 44.9 Å². The van der Waals surface area contributed by atoms with Crippen LogP contribution in [0.25, 0.3) is 0 Å². The smallest absolute Gasteiger partial charge is 0.0334 e. The molecule has 0 aromatic heterocycles. The van der Waals surface area contributed by atoms with Crippen LogP contribution in [0.3, 0.4) is 0 Å². The first-order valence-electron chi connectivity index (χ1n) is 6.31. The van der Waals surface area contributed by atoms with Crippen LogP contribution in [0, 0.1) is 5.92 Å². The van der Waals surface area contributed by atoms with Crippen LogP contribution in [0.5, 0.6) is 0 Å². The van der Waals surface area contributed by atoms with Crippen molar-refractivity contribution in [3.05, 3.63) is 0 Å². The fraction of sp³-hybridized carbons (Fsp3) is 1.00. The van der Waals surface area contributed by atoms with Crippen molar-refractivity contribution in [1.82, 2.24) is 4.90 Å². The number of fused-ring (bicyclic) bond motifs is 2. The Labute approximate surface area is 86.8 Å². The summed E-state index contributed by atoms with van der Waals surface area (Å²) in [6, 6.07) is 0.904. The van der Waals surface area contributed by atoms with Crippen molar-refractivity contribution >= 4 is 0 Å². The van der Waals surface area contributed by atoms with E-state index in [9.17, 15) is 0 Å². The third-order valence-electron chi connectivity index (χ3n) is 4.93. The summed E-state index contributed by atoms with van der Waals surface area (Å²) in [5.74, 6) is 1.02. The van der Waals surface area contributed by atoms with Crippen molar-refractivity contribution in [2.75, 3.05) is 13.1 Å². The van der Waals surface area contributed by atoms with E-state index in [2.05, 4.69) is 4.90 Å². The molecule has 0 radical (unpaired) electrons. The summed E-state index contributed by atoms with van der Waals surface area (Å²) in [7, 11) is 0. The van der Waals surface area contributed by atoms with Gasteiger partial charge in [0.1, 0.15) is 0 Å². The molecule has 0 amide bonds. The maximum atomic E-state index is 6.04. The summed E-state index contributed by atoms with van der Waals surface area (Å²) in [5.41, 5.74) is 6.47. The molecule has 14 heavy (non-hydrogen) atoms. The van der Waals surface area contributed by atoms with Gasteiger partial charge >= 0.3 is 0 Å². The van der Waals surface area contributed by atoms with Crippen molar-refractivity contribution < 1.29 is 0 Å². The Balaban J connectivity index is 1.80. The van der Waals surface area contributed by atoms with E-state index in [1.54, 1.807) is 0 Å². The van der Waals surface area contributed by atoms with Gasteiger partial charge in [-0.15, -0.1) is 0 Å². The average Bonchev–Trinajstić information content (AvgIpc) is 2.94. The number of hydrogen-bond donors (Lipinski definition) is 1. The Morgan fingerprint density at radius 1 is 1.21 bits per heavy atom. The molecule has 0 aromatic carbocycles. The van der Waals surface area contributed by atoms with Gasteiger partial charge in [-0.25, -0.2) is 0 Å². The van der Waals surface area contributed by atoms with Gasteiger partial charge in [-0.2, -0.15) is 0 Å². The van der Waals surface area contributed by atoms with E-state index in [0.29, 0.717) is 5.54 Å². The summed E-state index contributed by atoms with van der Waals surface area (Å²) in [5, 5.41) is 0. The monoisotopic (exact) mass is 194 g/mol. The van der Waals surface area contributed by atoms with Crippen LogP contribution in [0.2, 0.25) is 0 Å². The SMILES string of the molecule is NCC1(N2CC3CCC2C3)CCCC1. The lowest BCUT2D eigenvalue weighted by atomic mass is 9.92. The van der Waals surface area contributed by atoms with Crippen molar-refractivity contribution in [3.63, 3.8) is 0 Å². The topological polar surface area (TPSA) is 29.3 Å². The fourth-order valence-corrected chi connectivity index (χ4v) is 4.15. The number of likely N-dealkylation sites (tertiary alicyclic amines) is 1. The zero-order valence-corrected chi connectivity index (χ0v) is 9.04. The lowest BCUT2D eigenvalue weighted by molar-refractivity contribution is 0.0653. The number of rotatable bonds is 2. The molecule has 2 unspecified atom stereocenters. The van der Waals surface area contributed by atoms with Gasteiger partial charge in [0.15, 0.2) is 0 Å². The molecular weight excluding hydrogens is 172 g/mol. The van der Waals surface area contributed by atoms with Gasteiger partial charge in [-0.1, -0.05) is 12.8 Å². The molecule has 1 saturated heterocycles. The Bertz CT molecular complexity index is 220. The van der Waals surface area contributed by atoms with Crippen LogP contribution in [0.15, 0.2) is 0 Å². The van der Waals surface area contributed by atoms with Gasteiger partial charge in [-0.05, 0) is 38.0 Å². The molecule has 2 saturated carbocycles. The van der Waals surface area contributed by atoms with Crippen LogP contribution in [-0.4, -0.2) is 29.6 Å². The third kappa shape index (κ3) is 1.17. The highest BCUT2D eigenvalue weighted by molar-refractivity contribution is 5.04. The molecule has 2 aliphatic carbocycles. The number of nitrogens with zero attached hydrogens (tertiary/aromatic N) is 1. The Kier molecular flexibility index (Phi) is 2.10. The number of piperidine rings is 1. The maximum Gasteiger partial charge on any atom is 0.0334 e. The molecule has 2 heteroatoms. The molecule has 0 aromatic rings. The van der Waals surface area contributed by atoms with E-state index in [1.165, 1.54) is 51.5 Å². The second-order valence-corrected chi connectivity index (χ2v) is 5.62. The van der Waals surface area contributed by atoms with E-state index in [1.807, 2.05) is 0 Å². The Morgan fingerprint density at radius 2 is 2.00 bits per heavy atom. The second-order valence-electron chi connectivity index (χ2n) is 5.62. The highest BCUT2D eigenvalue weighted by Crippen LogP contribution is 2.46. The predicted octanol–water partition coefficient (Wildman–Crippen LogP) is 1.74. The molecule has 2 bridgehead atoms. The van der Waals surface area contributed by atoms with E-state index in [-0.39, 0.29) is 0 Å². The molecule has 80 valence electrons. The predicted molar refractivity (Wildman–Crippen MR) is 58.1 cm³/mol. The van der Waals surface area contributed by atoms with Crippen LogP contribution < -0.4 is 5.73 Å². The summed E-state index contributed by atoms with van der Waals surface area (Å²) in [6.45, 7) is 2.26. The van der Waals surface area contributed by atoms with E-state index >= 15 is 0 Å². The Morgan fingerprint density at radius 3 is 2.50 bits per heavy atom. The van der Waals surface area contributed by atoms with E-state index in [0.717, 1.165) is 18.5 Å². The largest absolute Gasteiger partial charge is 0.329 e. The minimum Gasteiger partial charge on any atom is -0.329 e. The summed E-state index contributed by atoms with van der Waals surface area (Å²) >= 11 is 0. The van der Waals surface area contributed by atoms with Gasteiger partial charge in [0, 0.05) is 24.7 Å². The maximum absolute atomic E-state index is 6.04. The van der Waals surface area contributed by atoms with Gasteiger partial charge in [0.05, 0.1) is 0 Å². The van der Waals surface area contributed by atoms with Crippen LogP contribution in [0.4, 0.5) is 0 Å². The lowest BCUT2D eigenvalue weighted by Crippen LogP contribution is -2.54. The molecule has 3 aliphatic rings. The van der Waals surface area contributed by atoms with Crippen molar-refractivity contribution in [2.24, 2.45) is 11.7 Å². The summed E-state index contributed by atoms with van der Waals surface area (Å²) in [4.78, 5) is 2.80. The quantitative estimate of drug-likeness (QED) is 0.725. The minimum atomic E-state index is 0.430. The van der Waals surface area contributed by atoms with Crippen molar-refractivity contribution in [3.8, 4) is 0 Å². The first kappa shape index (κ1) is 9.17. The molecule has 1 aliphatic heterocycles. The highest BCUT2D eigenvalue weighted by atomic mass is 15.3. The zero-order valence-electron chi connectivity index (χ0n) is 9.04. The molecule has 1 heterocycles. The zero-order chi connectivity index (χ0) is 9.60. The lowest BCUT2D eigenvalue weighted by Gasteiger charge is -2.43. The first-order chi connectivity index (χ1) is 6.84. The van der Waals surface area contributed by atoms with Gasteiger partial charge in [-0.3, -0.25) is 4.90 Å². The average molecular weight is 194 g/mol. The standard InChI is InChI=1S/C12H22N2/c13-9-12(5-1-2-6-12)14-8-10-3-4-11(14)7-10/h10-11H,1-9,13H2. The molecule has 3 rings (SSSR count). The van der Waals surface area contributed by atoms with E-state index < -0.39 is 0 Å². The van der Waals surface area contributed by atoms with Crippen molar-refractivity contribution in [1.29, 1.82) is 0 Å². The minimum absolute atomic E-state index is 0.430. The fourth-order valence-electron chi connectivity index (χ4n) is 4.15. The van der Waals surface area contributed by atoms with Crippen LogP contribution in [-0.2, 0) is 0 Å². The van der Waals surface area contributed by atoms with E-state index in [4.69, 9.17) is 5.73 Å².